The van der Waals surface area contributed by atoms with Crippen LogP contribution in [0.3, 0.4) is 0 Å². The Morgan fingerprint density at radius 3 is 2.62 bits per heavy atom. The van der Waals surface area contributed by atoms with Gasteiger partial charge in [-0.15, -0.1) is 0 Å². The molecule has 2 heterocycles. The van der Waals surface area contributed by atoms with Crippen LogP contribution in [0.15, 0.2) is 23.5 Å². The third-order valence-electron chi connectivity index (χ3n) is 3.10. The molecular formula is C13H21N3O3SSi. The summed E-state index contributed by atoms with van der Waals surface area (Å²) >= 11 is 0. The third kappa shape index (κ3) is 4.11. The van der Waals surface area contributed by atoms with Gasteiger partial charge in [-0.1, -0.05) is 19.6 Å². The molecular weight excluding hydrogens is 306 g/mol. The molecule has 0 aliphatic carbocycles. The van der Waals surface area contributed by atoms with E-state index >= 15 is 0 Å². The van der Waals surface area contributed by atoms with E-state index in [1.54, 1.807) is 10.9 Å². The molecule has 0 saturated heterocycles. The van der Waals surface area contributed by atoms with Crippen molar-refractivity contribution in [2.45, 2.75) is 37.3 Å². The molecule has 2 aromatic rings. The van der Waals surface area contributed by atoms with Crippen LogP contribution in [0.1, 0.15) is 0 Å². The minimum atomic E-state index is -3.33. The fourth-order valence-electron chi connectivity index (χ4n) is 1.91. The standard InChI is InChI=1S/C13H21N3O3SSi/c1-20(17,18)11-5-6-14-13-12(11)16(9-15-13)10-19-7-8-21(2,3)4/h5-6,9H,7-8,10H2,1-4H3. The van der Waals surface area contributed by atoms with Crippen molar-refractivity contribution in [3.63, 3.8) is 0 Å². The number of fused-ring (bicyclic) bond motifs is 1. The van der Waals surface area contributed by atoms with Gasteiger partial charge in [0.1, 0.15) is 12.2 Å². The summed E-state index contributed by atoms with van der Waals surface area (Å²) in [7, 11) is -4.46. The maximum Gasteiger partial charge on any atom is 0.179 e. The van der Waals surface area contributed by atoms with E-state index < -0.39 is 17.9 Å². The summed E-state index contributed by atoms with van der Waals surface area (Å²) in [6.45, 7) is 7.82. The van der Waals surface area contributed by atoms with E-state index in [1.807, 2.05) is 0 Å². The first-order valence-corrected chi connectivity index (χ1v) is 12.4. The lowest BCUT2D eigenvalue weighted by Gasteiger charge is -2.15. The highest BCUT2D eigenvalue weighted by atomic mass is 32.2. The van der Waals surface area contributed by atoms with Crippen LogP contribution in [0.5, 0.6) is 0 Å². The van der Waals surface area contributed by atoms with E-state index in [0.717, 1.165) is 6.04 Å². The van der Waals surface area contributed by atoms with Crippen LogP contribution in [0.2, 0.25) is 25.7 Å². The van der Waals surface area contributed by atoms with E-state index in [9.17, 15) is 8.42 Å². The second kappa shape index (κ2) is 5.86. The molecule has 8 heteroatoms. The van der Waals surface area contributed by atoms with Crippen molar-refractivity contribution in [2.24, 2.45) is 0 Å². The molecule has 21 heavy (non-hydrogen) atoms. The quantitative estimate of drug-likeness (QED) is 0.600. The molecule has 0 N–H and O–H groups in total. The molecule has 6 nitrogen and oxygen atoms in total. The number of aromatic nitrogens is 3. The topological polar surface area (TPSA) is 74.1 Å². The molecule has 0 radical (unpaired) electrons. The van der Waals surface area contributed by atoms with E-state index in [4.69, 9.17) is 4.74 Å². The molecule has 116 valence electrons. The molecule has 0 saturated carbocycles. The lowest BCUT2D eigenvalue weighted by Crippen LogP contribution is -2.22. The summed E-state index contributed by atoms with van der Waals surface area (Å²) in [6, 6.07) is 2.56. The van der Waals surface area contributed by atoms with Gasteiger partial charge < -0.3 is 9.30 Å². The van der Waals surface area contributed by atoms with Crippen LogP contribution in [-0.2, 0) is 21.3 Å². The lowest BCUT2D eigenvalue weighted by atomic mass is 10.4. The molecule has 0 unspecified atom stereocenters. The number of imidazole rings is 1. The van der Waals surface area contributed by atoms with Crippen LogP contribution in [0.4, 0.5) is 0 Å². The zero-order valence-electron chi connectivity index (χ0n) is 12.8. The second-order valence-electron chi connectivity index (χ2n) is 6.32. The van der Waals surface area contributed by atoms with Gasteiger partial charge in [0.25, 0.3) is 0 Å². The molecule has 0 bridgehead atoms. The molecule has 0 aromatic carbocycles. The van der Waals surface area contributed by atoms with Crippen LogP contribution in [0, 0.1) is 0 Å². The number of sulfone groups is 1. The lowest BCUT2D eigenvalue weighted by molar-refractivity contribution is 0.0896. The van der Waals surface area contributed by atoms with Crippen molar-refractivity contribution >= 4 is 29.1 Å². The Bertz CT molecular complexity index is 735. The van der Waals surface area contributed by atoms with Gasteiger partial charge in [0.2, 0.25) is 0 Å². The first-order valence-electron chi connectivity index (χ1n) is 6.76. The Balaban J connectivity index is 2.22. The van der Waals surface area contributed by atoms with E-state index in [2.05, 4.69) is 29.6 Å². The Kier molecular flexibility index (Phi) is 4.50. The maximum absolute atomic E-state index is 11.9. The molecule has 2 aromatic heterocycles. The predicted octanol–water partition coefficient (Wildman–Crippen LogP) is 2.15. The minimum Gasteiger partial charge on any atom is -0.361 e. The van der Waals surface area contributed by atoms with Gasteiger partial charge in [0.15, 0.2) is 15.5 Å². The first-order chi connectivity index (χ1) is 9.68. The zero-order valence-corrected chi connectivity index (χ0v) is 14.6. The third-order valence-corrected chi connectivity index (χ3v) is 5.93. The number of nitrogens with zero attached hydrogens (tertiary/aromatic N) is 3. The summed E-state index contributed by atoms with van der Waals surface area (Å²) in [5.41, 5.74) is 0.930. The number of ether oxygens (including phenoxy) is 1. The number of hydrogen-bond donors (Lipinski definition) is 0. The Labute approximate surface area is 126 Å². The SMILES string of the molecule is C[Si](C)(C)CCOCn1cnc2nccc(S(C)(=O)=O)c21. The van der Waals surface area contributed by atoms with Crippen molar-refractivity contribution in [2.75, 3.05) is 12.9 Å². The van der Waals surface area contributed by atoms with Crippen LogP contribution in [0.25, 0.3) is 11.2 Å². The average Bonchev–Trinajstić information content (AvgIpc) is 2.75. The van der Waals surface area contributed by atoms with Crippen LogP contribution < -0.4 is 0 Å². The summed E-state index contributed by atoms with van der Waals surface area (Å²) < 4.78 is 31.1. The van der Waals surface area contributed by atoms with Gasteiger partial charge in [-0.3, -0.25) is 0 Å². The van der Waals surface area contributed by atoms with Crippen molar-refractivity contribution in [3.05, 3.63) is 18.6 Å². The van der Waals surface area contributed by atoms with E-state index in [0.29, 0.717) is 17.8 Å². The molecule has 0 spiro atoms. The van der Waals surface area contributed by atoms with Gasteiger partial charge in [-0.25, -0.2) is 18.4 Å². The Morgan fingerprint density at radius 1 is 1.29 bits per heavy atom. The fraction of sp³-hybridized carbons (Fsp3) is 0.538. The van der Waals surface area contributed by atoms with Crippen molar-refractivity contribution in [1.29, 1.82) is 0 Å². The summed E-state index contributed by atoms with van der Waals surface area (Å²) in [5, 5.41) is 0. The minimum absolute atomic E-state index is 0.235. The smallest absolute Gasteiger partial charge is 0.179 e. The summed E-state index contributed by atoms with van der Waals surface area (Å²) in [4.78, 5) is 8.47. The number of pyridine rings is 1. The van der Waals surface area contributed by atoms with Crippen molar-refractivity contribution in [3.8, 4) is 0 Å². The van der Waals surface area contributed by atoms with Gasteiger partial charge in [-0.2, -0.15) is 0 Å². The van der Waals surface area contributed by atoms with Crippen molar-refractivity contribution in [1.82, 2.24) is 14.5 Å². The largest absolute Gasteiger partial charge is 0.361 e. The summed E-state index contributed by atoms with van der Waals surface area (Å²) in [5.74, 6) is 0. The molecule has 0 aliphatic rings. The average molecular weight is 327 g/mol. The Hall–Kier alpha value is -1.25. The highest BCUT2D eigenvalue weighted by Crippen LogP contribution is 2.20. The predicted molar refractivity (Wildman–Crippen MR) is 84.7 cm³/mol. The van der Waals surface area contributed by atoms with Crippen molar-refractivity contribution < 1.29 is 13.2 Å². The highest BCUT2D eigenvalue weighted by molar-refractivity contribution is 7.91. The molecule has 2 rings (SSSR count). The first kappa shape index (κ1) is 16.1. The highest BCUT2D eigenvalue weighted by Gasteiger charge is 2.17. The molecule has 0 aliphatic heterocycles. The molecule has 0 atom stereocenters. The molecule has 0 fully saturated rings. The van der Waals surface area contributed by atoms with Gasteiger partial charge in [0, 0.05) is 27.1 Å². The molecule has 0 amide bonds. The normalized spacial score (nSPS) is 13.0. The summed E-state index contributed by atoms with van der Waals surface area (Å²) in [6.07, 6.45) is 4.22. The zero-order chi connectivity index (χ0) is 15.7. The number of hydrogen-bond acceptors (Lipinski definition) is 5. The van der Waals surface area contributed by atoms with Crippen LogP contribution in [-0.4, -0.2) is 43.9 Å². The number of rotatable bonds is 6. The van der Waals surface area contributed by atoms with Crippen LogP contribution >= 0.6 is 0 Å². The fourth-order valence-corrected chi connectivity index (χ4v) is 3.54. The van der Waals surface area contributed by atoms with Gasteiger partial charge >= 0.3 is 0 Å². The van der Waals surface area contributed by atoms with E-state index in [1.165, 1.54) is 18.5 Å². The van der Waals surface area contributed by atoms with Gasteiger partial charge in [0.05, 0.1) is 11.2 Å². The Morgan fingerprint density at radius 2 is 2.00 bits per heavy atom. The van der Waals surface area contributed by atoms with E-state index in [-0.39, 0.29) is 11.6 Å². The maximum atomic E-state index is 11.9. The van der Waals surface area contributed by atoms with Gasteiger partial charge in [-0.05, 0) is 12.1 Å². The second-order valence-corrected chi connectivity index (χ2v) is 13.9. The monoisotopic (exact) mass is 327 g/mol.